The van der Waals surface area contributed by atoms with E-state index in [-0.39, 0.29) is 0 Å². The fourth-order valence-corrected chi connectivity index (χ4v) is 4.16. The Kier molecular flexibility index (Phi) is 5.60. The number of nitrogens with one attached hydrogen (secondary N) is 1. The average molecular weight is 390 g/mol. The van der Waals surface area contributed by atoms with Crippen molar-refractivity contribution in [1.29, 1.82) is 0 Å². The third kappa shape index (κ3) is 4.47. The first kappa shape index (κ1) is 19.2. The molecule has 6 nitrogen and oxygen atoms in total. The summed E-state index contributed by atoms with van der Waals surface area (Å²) in [6.45, 7) is 0.541. The summed E-state index contributed by atoms with van der Waals surface area (Å²) in [5, 5.41) is 13.7. The van der Waals surface area contributed by atoms with E-state index in [1.54, 1.807) is 0 Å². The molecular formula is C23H26N4O2. The van der Waals surface area contributed by atoms with Gasteiger partial charge in [-0.25, -0.2) is 14.8 Å². The Morgan fingerprint density at radius 2 is 1.86 bits per heavy atom. The zero-order valence-corrected chi connectivity index (χ0v) is 16.6. The molecule has 1 aromatic heterocycles. The van der Waals surface area contributed by atoms with Crippen LogP contribution in [0.15, 0.2) is 54.7 Å². The number of nitrogens with zero attached hydrogens (tertiary/aromatic N) is 3. The Hall–Kier alpha value is -3.15. The summed E-state index contributed by atoms with van der Waals surface area (Å²) in [7, 11) is 2.06. The highest BCUT2D eigenvalue weighted by Gasteiger charge is 2.25. The summed E-state index contributed by atoms with van der Waals surface area (Å²) in [5.74, 6) is 1.16. The van der Waals surface area contributed by atoms with Crippen LogP contribution in [0.4, 0.5) is 10.7 Å². The van der Waals surface area contributed by atoms with Crippen LogP contribution in [0.2, 0.25) is 0 Å². The van der Waals surface area contributed by atoms with Gasteiger partial charge in [0, 0.05) is 31.4 Å². The quantitative estimate of drug-likeness (QED) is 0.668. The van der Waals surface area contributed by atoms with Crippen molar-refractivity contribution >= 4 is 22.8 Å². The van der Waals surface area contributed by atoms with Gasteiger partial charge in [0.2, 0.25) is 5.95 Å². The Labute approximate surface area is 170 Å². The number of fused-ring (bicyclic) bond motifs is 1. The predicted octanol–water partition coefficient (Wildman–Crippen LogP) is 4.56. The molecule has 2 aromatic carbocycles. The minimum Gasteiger partial charge on any atom is -0.465 e. The second kappa shape index (κ2) is 8.47. The van der Waals surface area contributed by atoms with Crippen molar-refractivity contribution in [2.75, 3.05) is 18.5 Å². The van der Waals surface area contributed by atoms with Crippen molar-refractivity contribution in [1.82, 2.24) is 15.3 Å². The highest BCUT2D eigenvalue weighted by molar-refractivity contribution is 5.86. The van der Waals surface area contributed by atoms with E-state index in [4.69, 9.17) is 10.1 Å². The molecule has 0 radical (unpaired) electrons. The predicted molar refractivity (Wildman–Crippen MR) is 115 cm³/mol. The van der Waals surface area contributed by atoms with Gasteiger partial charge in [0.25, 0.3) is 0 Å². The van der Waals surface area contributed by atoms with Crippen molar-refractivity contribution in [2.24, 2.45) is 5.92 Å². The Morgan fingerprint density at radius 3 is 2.62 bits per heavy atom. The molecule has 0 spiro atoms. The maximum atomic E-state index is 10.7. The summed E-state index contributed by atoms with van der Waals surface area (Å²) in [6, 6.07) is 17.1. The molecule has 0 aliphatic heterocycles. The number of carboxylic acid groups (broad SMARTS) is 1. The minimum absolute atomic E-state index is 0.378. The van der Waals surface area contributed by atoms with Gasteiger partial charge in [-0.1, -0.05) is 36.4 Å². The lowest BCUT2D eigenvalue weighted by atomic mass is 9.85. The summed E-state index contributed by atoms with van der Waals surface area (Å²) < 4.78 is 0. The fourth-order valence-electron chi connectivity index (χ4n) is 4.16. The fraction of sp³-hybridized carbons (Fsp3) is 0.348. The van der Waals surface area contributed by atoms with Gasteiger partial charge in [-0.3, -0.25) is 0 Å². The molecule has 150 valence electrons. The molecule has 0 unspecified atom stereocenters. The number of hydrogen-bond acceptors (Lipinski definition) is 4. The Balaban J connectivity index is 1.46. The number of carbonyl (C=O) groups is 1. The van der Waals surface area contributed by atoms with Crippen LogP contribution in [0.1, 0.15) is 25.7 Å². The monoisotopic (exact) mass is 390 g/mol. The second-order valence-corrected chi connectivity index (χ2v) is 7.78. The summed E-state index contributed by atoms with van der Waals surface area (Å²) in [6.07, 6.45) is 4.95. The van der Waals surface area contributed by atoms with Crippen molar-refractivity contribution in [3.63, 3.8) is 0 Å². The average Bonchev–Trinajstić information content (AvgIpc) is 2.77. The van der Waals surface area contributed by atoms with Gasteiger partial charge in [-0.05, 0) is 54.5 Å². The SMILES string of the molecule is CN(c1nccc(-c2ccc3ccccc3c2)n1)[C@H]1CC[C@@H](CNC(=O)O)CC1. The van der Waals surface area contributed by atoms with Crippen LogP contribution in [0.5, 0.6) is 0 Å². The first-order valence-corrected chi connectivity index (χ1v) is 10.1. The number of anilines is 1. The number of hydrogen-bond donors (Lipinski definition) is 2. The highest BCUT2D eigenvalue weighted by Crippen LogP contribution is 2.29. The third-order valence-electron chi connectivity index (χ3n) is 5.91. The van der Waals surface area contributed by atoms with E-state index in [2.05, 4.69) is 52.6 Å². The lowest BCUT2D eigenvalue weighted by Crippen LogP contribution is -2.38. The number of rotatable bonds is 5. The molecular weight excluding hydrogens is 364 g/mol. The molecule has 2 N–H and O–H groups in total. The molecule has 6 heteroatoms. The van der Waals surface area contributed by atoms with Crippen molar-refractivity contribution in [3.8, 4) is 11.3 Å². The number of amides is 1. The maximum Gasteiger partial charge on any atom is 0.404 e. The van der Waals surface area contributed by atoms with Crippen LogP contribution in [0.3, 0.4) is 0 Å². The van der Waals surface area contributed by atoms with Gasteiger partial charge >= 0.3 is 6.09 Å². The number of aromatic nitrogens is 2. The zero-order chi connectivity index (χ0) is 20.2. The Morgan fingerprint density at radius 1 is 1.10 bits per heavy atom. The summed E-state index contributed by atoms with van der Waals surface area (Å²) in [4.78, 5) is 22.2. The molecule has 0 saturated heterocycles. The van der Waals surface area contributed by atoms with E-state index in [1.165, 1.54) is 10.8 Å². The van der Waals surface area contributed by atoms with Crippen LogP contribution in [-0.4, -0.2) is 40.8 Å². The van der Waals surface area contributed by atoms with Crippen LogP contribution in [0.25, 0.3) is 22.0 Å². The van der Waals surface area contributed by atoms with Crippen molar-refractivity contribution < 1.29 is 9.90 Å². The molecule has 3 aromatic rings. The van der Waals surface area contributed by atoms with Crippen LogP contribution >= 0.6 is 0 Å². The van der Waals surface area contributed by atoms with Gasteiger partial charge in [-0.2, -0.15) is 0 Å². The van der Waals surface area contributed by atoms with Crippen LogP contribution in [-0.2, 0) is 0 Å². The molecule has 4 rings (SSSR count). The van der Waals surface area contributed by atoms with Crippen LogP contribution < -0.4 is 10.2 Å². The normalized spacial score (nSPS) is 19.1. The van der Waals surface area contributed by atoms with Crippen LogP contribution in [0, 0.1) is 5.92 Å². The molecule has 29 heavy (non-hydrogen) atoms. The molecule has 1 aliphatic carbocycles. The second-order valence-electron chi connectivity index (χ2n) is 7.78. The molecule has 1 fully saturated rings. The van der Waals surface area contributed by atoms with E-state index >= 15 is 0 Å². The first-order chi connectivity index (χ1) is 14.1. The van der Waals surface area contributed by atoms with Gasteiger partial charge in [0.05, 0.1) is 5.69 Å². The first-order valence-electron chi connectivity index (χ1n) is 10.1. The van der Waals surface area contributed by atoms with E-state index < -0.39 is 6.09 Å². The topological polar surface area (TPSA) is 78.4 Å². The maximum absolute atomic E-state index is 10.7. The minimum atomic E-state index is -0.942. The van der Waals surface area contributed by atoms with Gasteiger partial charge < -0.3 is 15.3 Å². The number of benzene rings is 2. The molecule has 1 amide bonds. The zero-order valence-electron chi connectivity index (χ0n) is 16.6. The smallest absolute Gasteiger partial charge is 0.404 e. The molecule has 0 atom stereocenters. The van der Waals surface area contributed by atoms with E-state index in [0.29, 0.717) is 18.5 Å². The Bertz CT molecular complexity index is 999. The lowest BCUT2D eigenvalue weighted by molar-refractivity contribution is 0.189. The van der Waals surface area contributed by atoms with E-state index in [9.17, 15) is 4.79 Å². The molecule has 1 heterocycles. The highest BCUT2D eigenvalue weighted by atomic mass is 16.4. The lowest BCUT2D eigenvalue weighted by Gasteiger charge is -2.34. The van der Waals surface area contributed by atoms with E-state index in [1.807, 2.05) is 24.4 Å². The summed E-state index contributed by atoms with van der Waals surface area (Å²) >= 11 is 0. The molecule has 0 bridgehead atoms. The largest absolute Gasteiger partial charge is 0.465 e. The van der Waals surface area contributed by atoms with Gasteiger partial charge in [-0.15, -0.1) is 0 Å². The van der Waals surface area contributed by atoms with Crippen molar-refractivity contribution in [2.45, 2.75) is 31.7 Å². The van der Waals surface area contributed by atoms with Gasteiger partial charge in [0.1, 0.15) is 0 Å². The molecule has 1 saturated carbocycles. The third-order valence-corrected chi connectivity index (χ3v) is 5.91. The van der Waals surface area contributed by atoms with E-state index in [0.717, 1.165) is 42.9 Å². The van der Waals surface area contributed by atoms with Crippen molar-refractivity contribution in [3.05, 3.63) is 54.7 Å². The van der Waals surface area contributed by atoms with Gasteiger partial charge in [0.15, 0.2) is 0 Å². The molecule has 1 aliphatic rings. The standard InChI is InChI=1S/C23H26N4O2/c1-27(20-10-6-16(7-11-20)15-25-23(28)29)22-24-13-12-21(26-22)19-9-8-17-4-2-3-5-18(17)14-19/h2-5,8-9,12-14,16,20,25H,6-7,10-11,15H2,1H3,(H,28,29)/t16-,20+. The summed E-state index contributed by atoms with van der Waals surface area (Å²) in [5.41, 5.74) is 2.01.